The number of hydrogen-bond acceptors (Lipinski definition) is 3. The Morgan fingerprint density at radius 3 is 2.80 bits per heavy atom. The van der Waals surface area contributed by atoms with E-state index in [1.165, 1.54) is 16.0 Å². The summed E-state index contributed by atoms with van der Waals surface area (Å²) in [4.78, 5) is 11.3. The molecule has 0 N–H and O–H groups in total. The zero-order valence-corrected chi connectivity index (χ0v) is 14.2. The summed E-state index contributed by atoms with van der Waals surface area (Å²) in [6.45, 7) is 4.16. The number of benzene rings is 1. The van der Waals surface area contributed by atoms with Gasteiger partial charge in [-0.1, -0.05) is 39.7 Å². The molecule has 3 rings (SSSR count). The molecule has 0 spiro atoms. The lowest BCUT2D eigenvalue weighted by molar-refractivity contribution is 0.995. The molecule has 0 fully saturated rings. The fourth-order valence-corrected chi connectivity index (χ4v) is 4.03. The van der Waals surface area contributed by atoms with Gasteiger partial charge in [-0.25, -0.2) is 9.97 Å². The second-order valence-corrected chi connectivity index (χ2v) is 7.18. The first-order valence-electron chi connectivity index (χ1n) is 6.21. The molecule has 2 nitrogen and oxygen atoms in total. The van der Waals surface area contributed by atoms with Crippen molar-refractivity contribution in [2.24, 2.45) is 0 Å². The van der Waals surface area contributed by atoms with Crippen LogP contribution in [0.5, 0.6) is 0 Å². The van der Waals surface area contributed by atoms with Gasteiger partial charge in [0, 0.05) is 15.8 Å². The minimum absolute atomic E-state index is 0.557. The van der Waals surface area contributed by atoms with E-state index in [1.54, 1.807) is 11.3 Å². The Hall–Kier alpha value is -0.970. The molecule has 0 amide bonds. The molecule has 0 unspecified atom stereocenters. The van der Waals surface area contributed by atoms with Crippen LogP contribution < -0.4 is 0 Å². The summed E-state index contributed by atoms with van der Waals surface area (Å²) in [7, 11) is 0. The van der Waals surface area contributed by atoms with Crippen LogP contribution in [-0.2, 0) is 6.42 Å². The molecular formula is C15H12BrClN2S. The van der Waals surface area contributed by atoms with Gasteiger partial charge in [-0.15, -0.1) is 11.3 Å². The molecule has 0 aliphatic heterocycles. The molecule has 0 aliphatic carbocycles. The van der Waals surface area contributed by atoms with Gasteiger partial charge in [-0.05, 0) is 37.1 Å². The third-order valence-electron chi connectivity index (χ3n) is 3.28. The quantitative estimate of drug-likeness (QED) is 0.573. The average molecular weight is 368 g/mol. The van der Waals surface area contributed by atoms with E-state index >= 15 is 0 Å². The second kappa shape index (κ2) is 5.43. The monoisotopic (exact) mass is 366 g/mol. The van der Waals surface area contributed by atoms with Crippen molar-refractivity contribution in [3.05, 3.63) is 55.7 Å². The summed E-state index contributed by atoms with van der Waals surface area (Å²) in [5.74, 6) is 0.766. The second-order valence-electron chi connectivity index (χ2n) is 4.70. The van der Waals surface area contributed by atoms with Crippen LogP contribution in [0.25, 0.3) is 10.2 Å². The van der Waals surface area contributed by atoms with Gasteiger partial charge in [0.15, 0.2) is 0 Å². The predicted octanol–water partition coefficient (Wildman–Crippen LogP) is 5.31. The summed E-state index contributed by atoms with van der Waals surface area (Å²) < 4.78 is 1.06. The number of fused-ring (bicyclic) bond motifs is 1. The van der Waals surface area contributed by atoms with Gasteiger partial charge in [-0.3, -0.25) is 0 Å². The lowest BCUT2D eigenvalue weighted by atomic mass is 10.1. The molecule has 3 aromatic rings. The Bertz CT molecular complexity index is 798. The average Bonchev–Trinajstić information content (AvgIpc) is 2.65. The largest absolute Gasteiger partial charge is 0.222 e. The van der Waals surface area contributed by atoms with E-state index in [9.17, 15) is 0 Å². The summed E-state index contributed by atoms with van der Waals surface area (Å²) in [5, 5.41) is 1.55. The van der Waals surface area contributed by atoms with E-state index in [0.717, 1.165) is 20.5 Å². The van der Waals surface area contributed by atoms with Crippen molar-refractivity contribution in [1.29, 1.82) is 0 Å². The molecule has 20 heavy (non-hydrogen) atoms. The highest BCUT2D eigenvalue weighted by molar-refractivity contribution is 9.10. The lowest BCUT2D eigenvalue weighted by Crippen LogP contribution is -1.97. The van der Waals surface area contributed by atoms with E-state index in [2.05, 4.69) is 51.9 Å². The third kappa shape index (κ3) is 2.60. The van der Waals surface area contributed by atoms with Gasteiger partial charge in [-0.2, -0.15) is 0 Å². The molecule has 0 aliphatic rings. The first-order valence-corrected chi connectivity index (χ1v) is 8.20. The number of hydrogen-bond donors (Lipinski definition) is 0. The molecule has 0 saturated carbocycles. The topological polar surface area (TPSA) is 25.8 Å². The van der Waals surface area contributed by atoms with E-state index in [1.807, 2.05) is 12.1 Å². The Kier molecular flexibility index (Phi) is 3.80. The molecule has 0 atom stereocenters. The molecule has 2 aromatic heterocycles. The third-order valence-corrected chi connectivity index (χ3v) is 5.15. The van der Waals surface area contributed by atoms with Gasteiger partial charge >= 0.3 is 0 Å². The van der Waals surface area contributed by atoms with Crippen molar-refractivity contribution in [1.82, 2.24) is 9.97 Å². The fourth-order valence-electron chi connectivity index (χ4n) is 2.15. The van der Waals surface area contributed by atoms with E-state index < -0.39 is 0 Å². The SMILES string of the molecule is Cc1sc2nc(Cc3cccc(Br)c3)nc(Cl)c2c1C. The maximum Gasteiger partial charge on any atom is 0.141 e. The van der Waals surface area contributed by atoms with Crippen LogP contribution in [0.1, 0.15) is 21.8 Å². The zero-order chi connectivity index (χ0) is 14.3. The highest BCUT2D eigenvalue weighted by Crippen LogP contribution is 2.33. The van der Waals surface area contributed by atoms with Crippen molar-refractivity contribution >= 4 is 49.1 Å². The first kappa shape index (κ1) is 14.0. The van der Waals surface area contributed by atoms with Crippen molar-refractivity contribution in [2.75, 3.05) is 0 Å². The van der Waals surface area contributed by atoms with Crippen LogP contribution in [-0.4, -0.2) is 9.97 Å². The van der Waals surface area contributed by atoms with Crippen LogP contribution in [0.4, 0.5) is 0 Å². The zero-order valence-electron chi connectivity index (χ0n) is 11.1. The number of aryl methyl sites for hydroxylation is 2. The highest BCUT2D eigenvalue weighted by atomic mass is 79.9. The molecule has 0 radical (unpaired) electrons. The summed E-state index contributed by atoms with van der Waals surface area (Å²) in [6, 6.07) is 8.16. The highest BCUT2D eigenvalue weighted by Gasteiger charge is 2.13. The number of rotatable bonds is 2. The van der Waals surface area contributed by atoms with Crippen molar-refractivity contribution in [3.63, 3.8) is 0 Å². The molecule has 0 bridgehead atoms. The Labute approximate surface area is 135 Å². The molecule has 0 saturated heterocycles. The molecule has 1 aromatic carbocycles. The molecule has 2 heterocycles. The van der Waals surface area contributed by atoms with Crippen LogP contribution >= 0.6 is 38.9 Å². The van der Waals surface area contributed by atoms with Crippen LogP contribution in [0.3, 0.4) is 0 Å². The molecule has 5 heteroatoms. The fraction of sp³-hybridized carbons (Fsp3) is 0.200. The summed E-state index contributed by atoms with van der Waals surface area (Å²) >= 11 is 11.5. The molecule has 102 valence electrons. The van der Waals surface area contributed by atoms with E-state index in [-0.39, 0.29) is 0 Å². The smallest absolute Gasteiger partial charge is 0.141 e. The number of nitrogens with zero attached hydrogens (tertiary/aromatic N) is 2. The van der Waals surface area contributed by atoms with Gasteiger partial charge in [0.2, 0.25) is 0 Å². The lowest BCUT2D eigenvalue weighted by Gasteiger charge is -2.03. The Balaban J connectivity index is 2.05. The number of halogens is 2. The van der Waals surface area contributed by atoms with Crippen molar-refractivity contribution < 1.29 is 0 Å². The normalized spacial score (nSPS) is 11.2. The predicted molar refractivity (Wildman–Crippen MR) is 88.8 cm³/mol. The van der Waals surface area contributed by atoms with Gasteiger partial charge < -0.3 is 0 Å². The van der Waals surface area contributed by atoms with E-state index in [4.69, 9.17) is 11.6 Å². The standard InChI is InChI=1S/C15H12BrClN2S/c1-8-9(2)20-15-13(8)14(17)18-12(19-15)7-10-4-3-5-11(16)6-10/h3-6H,7H2,1-2H3. The minimum Gasteiger partial charge on any atom is -0.222 e. The summed E-state index contributed by atoms with van der Waals surface area (Å²) in [6.07, 6.45) is 0.686. The van der Waals surface area contributed by atoms with Gasteiger partial charge in [0.1, 0.15) is 15.8 Å². The van der Waals surface area contributed by atoms with Crippen molar-refractivity contribution in [2.45, 2.75) is 20.3 Å². The first-order chi connectivity index (χ1) is 9.54. The van der Waals surface area contributed by atoms with Gasteiger partial charge in [0.25, 0.3) is 0 Å². The maximum absolute atomic E-state index is 6.32. The number of aromatic nitrogens is 2. The minimum atomic E-state index is 0.557. The molecular weight excluding hydrogens is 356 g/mol. The Morgan fingerprint density at radius 1 is 1.25 bits per heavy atom. The Morgan fingerprint density at radius 2 is 2.05 bits per heavy atom. The summed E-state index contributed by atoms with van der Waals surface area (Å²) in [5.41, 5.74) is 2.35. The van der Waals surface area contributed by atoms with Crippen LogP contribution in [0.2, 0.25) is 5.15 Å². The number of thiophene rings is 1. The van der Waals surface area contributed by atoms with E-state index in [0.29, 0.717) is 11.6 Å². The van der Waals surface area contributed by atoms with Crippen molar-refractivity contribution in [3.8, 4) is 0 Å². The van der Waals surface area contributed by atoms with Gasteiger partial charge in [0.05, 0.1) is 5.39 Å². The van der Waals surface area contributed by atoms with Crippen LogP contribution in [0, 0.1) is 13.8 Å². The maximum atomic E-state index is 6.32. The van der Waals surface area contributed by atoms with Crippen LogP contribution in [0.15, 0.2) is 28.7 Å².